The van der Waals surface area contributed by atoms with Crippen molar-refractivity contribution in [3.8, 4) is 0 Å². The van der Waals surface area contributed by atoms with E-state index in [1.807, 2.05) is 0 Å². The van der Waals surface area contributed by atoms with Gasteiger partial charge in [-0.2, -0.15) is 4.73 Å². The van der Waals surface area contributed by atoms with E-state index in [0.29, 0.717) is 16.9 Å². The van der Waals surface area contributed by atoms with Gasteiger partial charge in [-0.3, -0.25) is 0 Å². The predicted octanol–water partition coefficient (Wildman–Crippen LogP) is 1.05. The minimum atomic E-state index is -0.125. The molecule has 116 valence electrons. The number of piperidine rings is 1. The van der Waals surface area contributed by atoms with Crippen molar-refractivity contribution in [2.75, 3.05) is 26.2 Å². The van der Waals surface area contributed by atoms with Crippen molar-refractivity contribution in [2.45, 2.75) is 24.6 Å². The zero-order valence-electron chi connectivity index (χ0n) is 11.9. The van der Waals surface area contributed by atoms with Crippen LogP contribution >= 0.6 is 11.6 Å². The number of halogens is 1. The van der Waals surface area contributed by atoms with Crippen LogP contribution in [-0.2, 0) is 4.84 Å². The van der Waals surface area contributed by atoms with Gasteiger partial charge in [-0.25, -0.2) is 0 Å². The molecule has 1 aromatic rings. The fourth-order valence-corrected chi connectivity index (χ4v) is 2.57. The van der Waals surface area contributed by atoms with Gasteiger partial charge >= 0.3 is 0 Å². The predicted molar refractivity (Wildman–Crippen MR) is 82.0 cm³/mol. The average molecular weight is 313 g/mol. The van der Waals surface area contributed by atoms with Crippen molar-refractivity contribution in [3.05, 3.63) is 35.3 Å². The number of likely N-dealkylation sites (tertiary alicyclic amines) is 1. The first-order valence-electron chi connectivity index (χ1n) is 7.16. The zero-order chi connectivity index (χ0) is 15.1. The Bertz CT molecular complexity index is 478. The second-order valence-electron chi connectivity index (χ2n) is 5.18. The number of hydrogen-bond acceptors (Lipinski definition) is 4. The van der Waals surface area contributed by atoms with Gasteiger partial charge in [0.25, 0.3) is 0 Å². The average Bonchev–Trinajstić information content (AvgIpc) is 2.48. The molecular formula is C14H21ClN4O2. The Morgan fingerprint density at radius 1 is 1.48 bits per heavy atom. The highest BCUT2D eigenvalue weighted by Gasteiger charge is 2.15. The molecule has 0 spiro atoms. The molecule has 0 saturated carbocycles. The largest absolute Gasteiger partial charge is 0.619 e. The monoisotopic (exact) mass is 312 g/mol. The quantitative estimate of drug-likeness (QED) is 0.213. The lowest BCUT2D eigenvalue weighted by atomic mass is 10.1. The normalized spacial score (nSPS) is 18.4. The molecule has 0 aromatic carbocycles. The van der Waals surface area contributed by atoms with E-state index < -0.39 is 0 Å². The third-order valence-corrected chi connectivity index (χ3v) is 3.66. The number of hydrogen-bond donors (Lipinski definition) is 1. The van der Waals surface area contributed by atoms with Gasteiger partial charge in [0, 0.05) is 12.6 Å². The molecule has 0 radical (unpaired) electrons. The molecule has 1 aliphatic heterocycles. The number of aromatic nitrogens is 1. The highest BCUT2D eigenvalue weighted by Crippen LogP contribution is 2.11. The summed E-state index contributed by atoms with van der Waals surface area (Å²) in [5, 5.41) is 14.8. The number of alkyl halides is 1. The molecule has 1 fully saturated rings. The van der Waals surface area contributed by atoms with E-state index in [2.05, 4.69) is 10.1 Å². The van der Waals surface area contributed by atoms with E-state index in [-0.39, 0.29) is 11.2 Å². The molecule has 1 aromatic heterocycles. The van der Waals surface area contributed by atoms with Gasteiger partial charge in [-0.05, 0) is 32.0 Å². The Labute approximate surface area is 129 Å². The van der Waals surface area contributed by atoms with Crippen molar-refractivity contribution in [3.63, 3.8) is 0 Å². The molecule has 0 bridgehead atoms. The van der Waals surface area contributed by atoms with Gasteiger partial charge in [0.15, 0.2) is 18.2 Å². The number of oxime groups is 1. The van der Waals surface area contributed by atoms with E-state index in [1.165, 1.54) is 31.7 Å². The van der Waals surface area contributed by atoms with Gasteiger partial charge < -0.3 is 20.7 Å². The molecule has 7 heteroatoms. The Balaban J connectivity index is 1.75. The summed E-state index contributed by atoms with van der Waals surface area (Å²) in [5.74, 6) is 0.169. The molecule has 1 atom stereocenters. The minimum absolute atomic E-state index is 0.125. The van der Waals surface area contributed by atoms with E-state index in [4.69, 9.17) is 22.2 Å². The van der Waals surface area contributed by atoms with Crippen molar-refractivity contribution in [2.24, 2.45) is 10.9 Å². The number of nitrogens with zero attached hydrogens (tertiary/aromatic N) is 3. The molecular weight excluding hydrogens is 292 g/mol. The number of amidine groups is 1. The van der Waals surface area contributed by atoms with Crippen molar-refractivity contribution >= 4 is 17.4 Å². The van der Waals surface area contributed by atoms with Crippen molar-refractivity contribution < 1.29 is 9.57 Å². The van der Waals surface area contributed by atoms with Gasteiger partial charge in [0.05, 0.1) is 10.9 Å². The van der Waals surface area contributed by atoms with Crippen LogP contribution in [0.25, 0.3) is 0 Å². The molecule has 1 saturated heterocycles. The van der Waals surface area contributed by atoms with E-state index in [0.717, 1.165) is 19.6 Å². The summed E-state index contributed by atoms with van der Waals surface area (Å²) in [6.07, 6.45) is 6.49. The second-order valence-corrected chi connectivity index (χ2v) is 5.80. The first-order chi connectivity index (χ1) is 10.1. The van der Waals surface area contributed by atoms with Crippen LogP contribution in [0.2, 0.25) is 0 Å². The van der Waals surface area contributed by atoms with Crippen LogP contribution in [-0.4, -0.2) is 42.4 Å². The smallest absolute Gasteiger partial charge is 0.191 e. The van der Waals surface area contributed by atoms with Gasteiger partial charge in [0.2, 0.25) is 0 Å². The van der Waals surface area contributed by atoms with Crippen LogP contribution in [0, 0.1) is 5.21 Å². The number of rotatable bonds is 6. The van der Waals surface area contributed by atoms with E-state index >= 15 is 0 Å². The Kier molecular flexibility index (Phi) is 6.07. The molecule has 0 amide bonds. The third kappa shape index (κ3) is 5.40. The lowest BCUT2D eigenvalue weighted by Gasteiger charge is -2.27. The maximum Gasteiger partial charge on any atom is 0.191 e. The molecule has 1 unspecified atom stereocenters. The number of nitrogens with two attached hydrogens (primary N) is 1. The van der Waals surface area contributed by atoms with Crippen LogP contribution in [0.4, 0.5) is 0 Å². The van der Waals surface area contributed by atoms with E-state index in [1.54, 1.807) is 12.1 Å². The summed E-state index contributed by atoms with van der Waals surface area (Å²) >= 11 is 6.24. The fraction of sp³-hybridized carbons (Fsp3) is 0.571. The third-order valence-electron chi connectivity index (χ3n) is 3.39. The molecule has 21 heavy (non-hydrogen) atoms. The lowest BCUT2D eigenvalue weighted by Crippen LogP contribution is -2.36. The van der Waals surface area contributed by atoms with Crippen molar-refractivity contribution in [1.29, 1.82) is 0 Å². The van der Waals surface area contributed by atoms with Crippen LogP contribution < -0.4 is 10.5 Å². The van der Waals surface area contributed by atoms with Gasteiger partial charge in [-0.15, -0.1) is 11.6 Å². The Morgan fingerprint density at radius 3 is 2.95 bits per heavy atom. The summed E-state index contributed by atoms with van der Waals surface area (Å²) in [6.45, 7) is 3.29. The maximum atomic E-state index is 11.1. The summed E-state index contributed by atoms with van der Waals surface area (Å²) < 4.78 is 0.665. The van der Waals surface area contributed by atoms with Crippen LogP contribution in [0.1, 0.15) is 24.8 Å². The SMILES string of the molecule is NC(=NOCC(Cl)CN1CCCCC1)c1ccc[n+]([O-])c1. The fourth-order valence-electron chi connectivity index (χ4n) is 2.32. The first kappa shape index (κ1) is 15.9. The molecule has 6 nitrogen and oxygen atoms in total. The maximum absolute atomic E-state index is 11.1. The van der Waals surface area contributed by atoms with Crippen LogP contribution in [0.5, 0.6) is 0 Å². The summed E-state index contributed by atoms with van der Waals surface area (Å²) in [4.78, 5) is 7.53. The molecule has 2 N–H and O–H groups in total. The Hall–Kier alpha value is -1.53. The first-order valence-corrected chi connectivity index (χ1v) is 7.60. The highest BCUT2D eigenvalue weighted by molar-refractivity contribution is 6.20. The topological polar surface area (TPSA) is 77.8 Å². The zero-order valence-corrected chi connectivity index (χ0v) is 12.7. The summed E-state index contributed by atoms with van der Waals surface area (Å²) in [7, 11) is 0. The molecule has 2 rings (SSSR count). The Morgan fingerprint density at radius 2 is 2.24 bits per heavy atom. The van der Waals surface area contributed by atoms with Gasteiger partial charge in [-0.1, -0.05) is 11.6 Å². The molecule has 2 heterocycles. The number of pyridine rings is 1. The second kappa shape index (κ2) is 8.05. The lowest BCUT2D eigenvalue weighted by molar-refractivity contribution is -0.605. The van der Waals surface area contributed by atoms with E-state index in [9.17, 15) is 5.21 Å². The van der Waals surface area contributed by atoms with Gasteiger partial charge in [0.1, 0.15) is 6.61 Å². The minimum Gasteiger partial charge on any atom is -0.619 e. The summed E-state index contributed by atoms with van der Waals surface area (Å²) in [5.41, 5.74) is 6.28. The highest BCUT2D eigenvalue weighted by atomic mass is 35.5. The summed E-state index contributed by atoms with van der Waals surface area (Å²) in [6, 6.07) is 3.30. The van der Waals surface area contributed by atoms with Crippen molar-refractivity contribution in [1.82, 2.24) is 4.90 Å². The molecule has 0 aliphatic carbocycles. The van der Waals surface area contributed by atoms with Crippen LogP contribution in [0.3, 0.4) is 0 Å². The van der Waals surface area contributed by atoms with Crippen LogP contribution in [0.15, 0.2) is 29.7 Å². The standard InChI is InChI=1S/C14H21ClN4O2/c15-13(10-18-6-2-1-3-7-18)11-21-17-14(16)12-5-4-8-19(20)9-12/h4-5,8-9,13H,1-3,6-7,10-11H2,(H2,16,17). The molecule has 1 aliphatic rings.